The van der Waals surface area contributed by atoms with Crippen LogP contribution in [0.5, 0.6) is 0 Å². The summed E-state index contributed by atoms with van der Waals surface area (Å²) in [5, 5.41) is 2.56. The van der Waals surface area contributed by atoms with E-state index >= 15 is 0 Å². The summed E-state index contributed by atoms with van der Waals surface area (Å²) in [6, 6.07) is 0. The van der Waals surface area contributed by atoms with E-state index in [1.807, 2.05) is 0 Å². The maximum Gasteiger partial charge on any atom is 0.407 e. The molecule has 0 unspecified atom stereocenters. The van der Waals surface area contributed by atoms with Crippen molar-refractivity contribution >= 4 is 12.1 Å². The van der Waals surface area contributed by atoms with E-state index in [2.05, 4.69) is 16.6 Å². The van der Waals surface area contributed by atoms with Crippen molar-refractivity contribution < 1.29 is 19.1 Å². The number of rotatable bonds is 7. The Morgan fingerprint density at radius 3 is 2.67 bits per heavy atom. The third-order valence-corrected chi connectivity index (χ3v) is 1.53. The third-order valence-electron chi connectivity index (χ3n) is 1.53. The molecule has 0 saturated heterocycles. The summed E-state index contributed by atoms with van der Waals surface area (Å²) >= 11 is 0. The van der Waals surface area contributed by atoms with Crippen molar-refractivity contribution in [1.82, 2.24) is 5.32 Å². The summed E-state index contributed by atoms with van der Waals surface area (Å²) in [6.45, 7) is 6.24. The molecule has 0 aliphatic carbocycles. The molecule has 0 spiro atoms. The van der Waals surface area contributed by atoms with Crippen molar-refractivity contribution in [3.8, 4) is 0 Å². The lowest BCUT2D eigenvalue weighted by Crippen LogP contribution is -2.25. The minimum Gasteiger partial charge on any atom is -0.463 e. The van der Waals surface area contributed by atoms with Crippen LogP contribution in [-0.4, -0.2) is 31.8 Å². The van der Waals surface area contributed by atoms with E-state index in [9.17, 15) is 9.59 Å². The van der Waals surface area contributed by atoms with Gasteiger partial charge in [0.1, 0.15) is 0 Å². The van der Waals surface area contributed by atoms with Crippen LogP contribution in [0.1, 0.15) is 19.8 Å². The summed E-state index contributed by atoms with van der Waals surface area (Å²) in [7, 11) is 0. The summed E-state index contributed by atoms with van der Waals surface area (Å²) in [4.78, 5) is 21.4. The molecule has 86 valence electrons. The molecule has 0 rings (SSSR count). The fourth-order valence-electron chi connectivity index (χ4n) is 0.831. The van der Waals surface area contributed by atoms with Crippen LogP contribution in [0.15, 0.2) is 12.7 Å². The molecule has 1 N–H and O–H groups in total. The van der Waals surface area contributed by atoms with Gasteiger partial charge in [0, 0.05) is 12.6 Å². The first-order valence-electron chi connectivity index (χ1n) is 4.90. The molecule has 15 heavy (non-hydrogen) atoms. The molecule has 0 aliphatic rings. The van der Waals surface area contributed by atoms with Gasteiger partial charge >= 0.3 is 12.1 Å². The van der Waals surface area contributed by atoms with Gasteiger partial charge in [-0.25, -0.2) is 9.59 Å². The van der Waals surface area contributed by atoms with Crippen molar-refractivity contribution in [2.24, 2.45) is 0 Å². The standard InChI is InChI=1S/C10H17NO4/c1-3-9(12)15-8-6-5-7-11-10(13)14-4-2/h3H,1,4-8H2,2H3,(H,11,13). The molecule has 5 nitrogen and oxygen atoms in total. The first-order chi connectivity index (χ1) is 7.20. The number of alkyl carbamates (subject to hydrolysis) is 1. The summed E-state index contributed by atoms with van der Waals surface area (Å²) in [5.74, 6) is -0.423. The van der Waals surface area contributed by atoms with E-state index in [0.29, 0.717) is 26.2 Å². The van der Waals surface area contributed by atoms with Gasteiger partial charge < -0.3 is 14.8 Å². The monoisotopic (exact) mass is 215 g/mol. The second-order valence-electron chi connectivity index (χ2n) is 2.73. The minimum atomic E-state index is -0.423. The third kappa shape index (κ3) is 8.80. The van der Waals surface area contributed by atoms with E-state index in [1.165, 1.54) is 0 Å². The molecule has 0 fully saturated rings. The molecular weight excluding hydrogens is 198 g/mol. The maximum absolute atomic E-state index is 10.8. The Kier molecular flexibility index (Phi) is 8.13. The summed E-state index contributed by atoms with van der Waals surface area (Å²) in [5.41, 5.74) is 0. The van der Waals surface area contributed by atoms with E-state index in [-0.39, 0.29) is 0 Å². The van der Waals surface area contributed by atoms with Gasteiger partial charge in [0.2, 0.25) is 0 Å². The Bertz CT molecular complexity index is 215. The fraction of sp³-hybridized carbons (Fsp3) is 0.600. The average molecular weight is 215 g/mol. The topological polar surface area (TPSA) is 64.6 Å². The lowest BCUT2D eigenvalue weighted by Gasteiger charge is -2.04. The molecule has 0 atom stereocenters. The van der Waals surface area contributed by atoms with Crippen LogP contribution in [0.2, 0.25) is 0 Å². The number of ether oxygens (including phenoxy) is 2. The molecule has 0 saturated carbocycles. The normalized spacial score (nSPS) is 9.13. The number of carbonyl (C=O) groups excluding carboxylic acids is 2. The summed E-state index contributed by atoms with van der Waals surface area (Å²) in [6.07, 6.45) is 2.15. The minimum absolute atomic E-state index is 0.343. The zero-order valence-electron chi connectivity index (χ0n) is 8.95. The van der Waals surface area contributed by atoms with Crippen LogP contribution in [0.3, 0.4) is 0 Å². The molecule has 0 bridgehead atoms. The number of carbonyl (C=O) groups is 2. The second-order valence-corrected chi connectivity index (χ2v) is 2.73. The molecule has 1 amide bonds. The smallest absolute Gasteiger partial charge is 0.407 e. The van der Waals surface area contributed by atoms with E-state index in [0.717, 1.165) is 12.5 Å². The van der Waals surface area contributed by atoms with Crippen molar-refractivity contribution in [2.45, 2.75) is 19.8 Å². The van der Waals surface area contributed by atoms with Crippen molar-refractivity contribution in [2.75, 3.05) is 19.8 Å². The summed E-state index contributed by atoms with van der Waals surface area (Å²) < 4.78 is 9.40. The number of hydrogen-bond acceptors (Lipinski definition) is 4. The lowest BCUT2D eigenvalue weighted by molar-refractivity contribution is -0.137. The van der Waals surface area contributed by atoms with Crippen molar-refractivity contribution in [3.05, 3.63) is 12.7 Å². The van der Waals surface area contributed by atoms with E-state index in [4.69, 9.17) is 4.74 Å². The molecule has 0 heterocycles. The maximum atomic E-state index is 10.8. The fourth-order valence-corrected chi connectivity index (χ4v) is 0.831. The van der Waals surface area contributed by atoms with Crippen LogP contribution in [0, 0.1) is 0 Å². The Labute approximate surface area is 89.4 Å². The Hall–Kier alpha value is -1.52. The van der Waals surface area contributed by atoms with Gasteiger partial charge in [-0.3, -0.25) is 0 Å². The number of hydrogen-bond donors (Lipinski definition) is 1. The average Bonchev–Trinajstić information content (AvgIpc) is 2.23. The number of unbranched alkanes of at least 4 members (excludes halogenated alkanes) is 1. The molecule has 0 aromatic carbocycles. The lowest BCUT2D eigenvalue weighted by atomic mass is 10.3. The quantitative estimate of drug-likeness (QED) is 0.394. The van der Waals surface area contributed by atoms with E-state index < -0.39 is 12.1 Å². The molecule has 0 radical (unpaired) electrons. The highest BCUT2D eigenvalue weighted by atomic mass is 16.5. The zero-order valence-corrected chi connectivity index (χ0v) is 8.95. The number of nitrogens with one attached hydrogen (secondary N) is 1. The van der Waals surface area contributed by atoms with Gasteiger partial charge in [0.15, 0.2) is 0 Å². The first-order valence-corrected chi connectivity index (χ1v) is 4.90. The molecule has 0 aliphatic heterocycles. The Morgan fingerprint density at radius 2 is 2.07 bits per heavy atom. The highest BCUT2D eigenvalue weighted by molar-refractivity contribution is 5.81. The molecule has 5 heteroatoms. The molecular formula is C10H17NO4. The van der Waals surface area contributed by atoms with Gasteiger partial charge in [0.05, 0.1) is 13.2 Å². The van der Waals surface area contributed by atoms with Gasteiger partial charge in [0.25, 0.3) is 0 Å². The number of esters is 1. The van der Waals surface area contributed by atoms with Gasteiger partial charge in [-0.1, -0.05) is 6.58 Å². The van der Waals surface area contributed by atoms with E-state index in [1.54, 1.807) is 6.92 Å². The number of amides is 1. The predicted molar refractivity (Wildman–Crippen MR) is 55.4 cm³/mol. The van der Waals surface area contributed by atoms with Gasteiger partial charge in [-0.2, -0.15) is 0 Å². The second kappa shape index (κ2) is 9.05. The van der Waals surface area contributed by atoms with Gasteiger partial charge in [-0.05, 0) is 19.8 Å². The zero-order chi connectivity index (χ0) is 11.5. The Balaban J connectivity index is 3.21. The van der Waals surface area contributed by atoms with Crippen LogP contribution in [0.4, 0.5) is 4.79 Å². The molecule has 0 aromatic rings. The van der Waals surface area contributed by atoms with Crippen molar-refractivity contribution in [3.63, 3.8) is 0 Å². The van der Waals surface area contributed by atoms with Gasteiger partial charge in [-0.15, -0.1) is 0 Å². The highest BCUT2D eigenvalue weighted by Gasteiger charge is 1.99. The molecule has 0 aromatic heterocycles. The van der Waals surface area contributed by atoms with Crippen LogP contribution >= 0.6 is 0 Å². The SMILES string of the molecule is C=CC(=O)OCCCCNC(=O)OCC. The largest absolute Gasteiger partial charge is 0.463 e. The van der Waals surface area contributed by atoms with Crippen LogP contribution in [0.25, 0.3) is 0 Å². The Morgan fingerprint density at radius 1 is 1.33 bits per heavy atom. The van der Waals surface area contributed by atoms with Crippen LogP contribution in [-0.2, 0) is 14.3 Å². The first kappa shape index (κ1) is 13.5. The predicted octanol–water partition coefficient (Wildman–Crippen LogP) is 1.24. The van der Waals surface area contributed by atoms with Crippen LogP contribution < -0.4 is 5.32 Å². The van der Waals surface area contributed by atoms with Crippen molar-refractivity contribution in [1.29, 1.82) is 0 Å². The highest BCUT2D eigenvalue weighted by Crippen LogP contribution is 1.90.